The lowest BCUT2D eigenvalue weighted by atomic mass is 10.0. The topological polar surface area (TPSA) is 39.2 Å². The Morgan fingerprint density at radius 3 is 2.65 bits per heavy atom. The first-order valence-electron chi connectivity index (χ1n) is 6.18. The number of halogens is 1. The van der Waals surface area contributed by atoms with E-state index < -0.39 is 11.8 Å². The van der Waals surface area contributed by atoms with Gasteiger partial charge in [0.25, 0.3) is 0 Å². The van der Waals surface area contributed by atoms with E-state index in [-0.39, 0.29) is 5.69 Å². The third-order valence-corrected chi connectivity index (χ3v) is 3.29. The fourth-order valence-corrected chi connectivity index (χ4v) is 2.34. The Morgan fingerprint density at radius 2 is 1.90 bits per heavy atom. The zero-order valence-electron chi connectivity index (χ0n) is 11.1. The molecule has 0 amide bonds. The lowest BCUT2D eigenvalue weighted by Crippen LogP contribution is -2.06. The molecule has 0 unspecified atom stereocenters. The van der Waals surface area contributed by atoms with Crippen LogP contribution in [0, 0.1) is 12.7 Å². The molecule has 3 rings (SSSR count). The second-order valence-corrected chi connectivity index (χ2v) is 4.66. The van der Waals surface area contributed by atoms with Crippen molar-refractivity contribution >= 4 is 27.6 Å². The number of methoxy groups -OCH3 is 1. The van der Waals surface area contributed by atoms with Crippen LogP contribution in [0.2, 0.25) is 0 Å². The minimum absolute atomic E-state index is 0.137. The summed E-state index contributed by atoms with van der Waals surface area (Å²) in [6, 6.07) is 10.1. The Hall–Kier alpha value is -2.49. The molecule has 20 heavy (non-hydrogen) atoms. The number of aryl methyl sites for hydroxylation is 1. The number of rotatable bonds is 1. The summed E-state index contributed by atoms with van der Waals surface area (Å²) in [6.07, 6.45) is 0. The van der Waals surface area contributed by atoms with Gasteiger partial charge in [0.05, 0.1) is 12.6 Å². The first kappa shape index (κ1) is 12.5. The first-order valence-corrected chi connectivity index (χ1v) is 6.18. The summed E-state index contributed by atoms with van der Waals surface area (Å²) in [4.78, 5) is 16.2. The molecule has 3 nitrogen and oxygen atoms in total. The predicted octanol–water partition coefficient (Wildman–Crippen LogP) is 3.62. The van der Waals surface area contributed by atoms with E-state index >= 15 is 0 Å². The van der Waals surface area contributed by atoms with Crippen LogP contribution in [0.3, 0.4) is 0 Å². The van der Waals surface area contributed by atoms with Crippen molar-refractivity contribution in [3.05, 3.63) is 53.5 Å². The molecule has 0 saturated heterocycles. The van der Waals surface area contributed by atoms with Crippen LogP contribution in [-0.4, -0.2) is 18.1 Å². The molecule has 0 aliphatic rings. The van der Waals surface area contributed by atoms with Crippen molar-refractivity contribution in [3.63, 3.8) is 0 Å². The molecule has 0 N–H and O–H groups in total. The van der Waals surface area contributed by atoms with Crippen molar-refractivity contribution < 1.29 is 13.9 Å². The fourth-order valence-electron chi connectivity index (χ4n) is 2.34. The standard InChI is InChI=1S/C16H12FNO2/c1-9-3-6-14-12(7-9)11-5-4-10(17)8-13(11)15(18-14)16(19)20-2/h3-8H,1-2H3. The molecule has 0 saturated carbocycles. The molecule has 0 fully saturated rings. The Morgan fingerprint density at radius 1 is 1.10 bits per heavy atom. The van der Waals surface area contributed by atoms with Gasteiger partial charge in [0.2, 0.25) is 0 Å². The number of benzene rings is 2. The maximum absolute atomic E-state index is 13.5. The Balaban J connectivity index is 2.51. The van der Waals surface area contributed by atoms with Gasteiger partial charge < -0.3 is 4.74 Å². The molecule has 0 aliphatic heterocycles. The summed E-state index contributed by atoms with van der Waals surface area (Å²) >= 11 is 0. The highest BCUT2D eigenvalue weighted by Gasteiger charge is 2.16. The number of pyridine rings is 1. The quantitative estimate of drug-likeness (QED) is 0.500. The average Bonchev–Trinajstić information content (AvgIpc) is 2.45. The zero-order chi connectivity index (χ0) is 14.3. The molecule has 1 aromatic heterocycles. The van der Waals surface area contributed by atoms with E-state index in [0.717, 1.165) is 16.3 Å². The predicted molar refractivity (Wildman–Crippen MR) is 75.3 cm³/mol. The van der Waals surface area contributed by atoms with Gasteiger partial charge in [0.15, 0.2) is 5.69 Å². The van der Waals surface area contributed by atoms with Gasteiger partial charge in [-0.2, -0.15) is 0 Å². The molecule has 1 heterocycles. The number of ether oxygens (including phenoxy) is 1. The van der Waals surface area contributed by atoms with E-state index in [2.05, 4.69) is 4.98 Å². The Bertz CT molecular complexity index is 843. The lowest BCUT2D eigenvalue weighted by Gasteiger charge is -2.09. The zero-order valence-corrected chi connectivity index (χ0v) is 11.1. The first-order chi connectivity index (χ1) is 9.60. The minimum Gasteiger partial charge on any atom is -0.464 e. The van der Waals surface area contributed by atoms with Gasteiger partial charge >= 0.3 is 5.97 Å². The lowest BCUT2D eigenvalue weighted by molar-refractivity contribution is 0.0597. The SMILES string of the molecule is COC(=O)c1nc2ccc(C)cc2c2ccc(F)cc12. The number of fused-ring (bicyclic) bond motifs is 3. The number of carbonyl (C=O) groups is 1. The van der Waals surface area contributed by atoms with E-state index in [9.17, 15) is 9.18 Å². The van der Waals surface area contributed by atoms with E-state index in [1.807, 2.05) is 25.1 Å². The fraction of sp³-hybridized carbons (Fsp3) is 0.125. The summed E-state index contributed by atoms with van der Waals surface area (Å²) < 4.78 is 18.2. The van der Waals surface area contributed by atoms with Crippen molar-refractivity contribution in [1.29, 1.82) is 0 Å². The largest absolute Gasteiger partial charge is 0.464 e. The Kier molecular flexibility index (Phi) is 2.86. The van der Waals surface area contributed by atoms with Crippen LogP contribution in [0.4, 0.5) is 4.39 Å². The molecule has 0 atom stereocenters. The van der Waals surface area contributed by atoms with Crippen molar-refractivity contribution in [2.75, 3.05) is 7.11 Å². The van der Waals surface area contributed by atoms with E-state index in [4.69, 9.17) is 4.74 Å². The van der Waals surface area contributed by atoms with Crippen LogP contribution in [0.25, 0.3) is 21.7 Å². The highest BCUT2D eigenvalue weighted by molar-refractivity contribution is 6.13. The number of hydrogen-bond acceptors (Lipinski definition) is 3. The summed E-state index contributed by atoms with van der Waals surface area (Å²) in [5, 5.41) is 2.16. The molecular formula is C16H12FNO2. The molecule has 0 bridgehead atoms. The summed E-state index contributed by atoms with van der Waals surface area (Å²) in [6.45, 7) is 1.98. The van der Waals surface area contributed by atoms with Crippen LogP contribution < -0.4 is 0 Å². The van der Waals surface area contributed by atoms with Crippen molar-refractivity contribution in [1.82, 2.24) is 4.98 Å². The van der Waals surface area contributed by atoms with Gasteiger partial charge in [0, 0.05) is 10.8 Å². The third-order valence-electron chi connectivity index (χ3n) is 3.29. The second kappa shape index (κ2) is 4.56. The van der Waals surface area contributed by atoms with E-state index in [1.165, 1.54) is 19.2 Å². The van der Waals surface area contributed by atoms with Crippen LogP contribution >= 0.6 is 0 Å². The summed E-state index contributed by atoms with van der Waals surface area (Å²) in [5.74, 6) is -0.973. The second-order valence-electron chi connectivity index (χ2n) is 4.66. The molecule has 2 aromatic carbocycles. The van der Waals surface area contributed by atoms with Crippen LogP contribution in [0.15, 0.2) is 36.4 Å². The van der Waals surface area contributed by atoms with E-state index in [0.29, 0.717) is 10.9 Å². The van der Waals surface area contributed by atoms with Crippen molar-refractivity contribution in [2.45, 2.75) is 6.92 Å². The van der Waals surface area contributed by atoms with Crippen LogP contribution in [-0.2, 0) is 4.74 Å². The Labute approximate surface area is 115 Å². The normalized spacial score (nSPS) is 10.9. The van der Waals surface area contributed by atoms with Crippen molar-refractivity contribution in [3.8, 4) is 0 Å². The van der Waals surface area contributed by atoms with Gasteiger partial charge in [0.1, 0.15) is 5.82 Å². The number of aromatic nitrogens is 1. The highest BCUT2D eigenvalue weighted by Crippen LogP contribution is 2.28. The van der Waals surface area contributed by atoms with Gasteiger partial charge in [-0.05, 0) is 36.6 Å². The molecule has 3 aromatic rings. The van der Waals surface area contributed by atoms with Crippen molar-refractivity contribution in [2.24, 2.45) is 0 Å². The molecule has 100 valence electrons. The minimum atomic E-state index is -0.567. The van der Waals surface area contributed by atoms with E-state index in [1.54, 1.807) is 6.07 Å². The highest BCUT2D eigenvalue weighted by atomic mass is 19.1. The molecular weight excluding hydrogens is 257 g/mol. The number of hydrogen-bond donors (Lipinski definition) is 0. The monoisotopic (exact) mass is 269 g/mol. The average molecular weight is 269 g/mol. The van der Waals surface area contributed by atoms with Gasteiger partial charge in [-0.25, -0.2) is 14.2 Å². The molecule has 0 aliphatic carbocycles. The molecule has 4 heteroatoms. The van der Waals surface area contributed by atoms with Crippen LogP contribution in [0.1, 0.15) is 16.1 Å². The maximum atomic E-state index is 13.5. The summed E-state index contributed by atoms with van der Waals surface area (Å²) in [7, 11) is 1.29. The number of esters is 1. The molecule has 0 spiro atoms. The van der Waals surface area contributed by atoms with Crippen LogP contribution in [0.5, 0.6) is 0 Å². The van der Waals surface area contributed by atoms with Gasteiger partial charge in [-0.3, -0.25) is 0 Å². The summed E-state index contributed by atoms with van der Waals surface area (Å²) in [5.41, 5.74) is 1.91. The van der Waals surface area contributed by atoms with Gasteiger partial charge in [-0.15, -0.1) is 0 Å². The van der Waals surface area contributed by atoms with Gasteiger partial charge in [-0.1, -0.05) is 17.7 Å². The number of nitrogens with zero attached hydrogens (tertiary/aromatic N) is 1. The third kappa shape index (κ3) is 1.90. The smallest absolute Gasteiger partial charge is 0.357 e. The molecule has 0 radical (unpaired) electrons. The number of carbonyl (C=O) groups excluding carboxylic acids is 1. The maximum Gasteiger partial charge on any atom is 0.357 e.